The Morgan fingerprint density at radius 1 is 1.42 bits per heavy atom. The van der Waals surface area contributed by atoms with Crippen molar-refractivity contribution in [2.24, 2.45) is 11.7 Å². The molecule has 1 aliphatic rings. The summed E-state index contributed by atoms with van der Waals surface area (Å²) in [6.07, 6.45) is 1.99. The highest BCUT2D eigenvalue weighted by molar-refractivity contribution is 9.10. The van der Waals surface area contributed by atoms with Crippen LogP contribution >= 0.6 is 39.9 Å². The van der Waals surface area contributed by atoms with E-state index in [1.54, 1.807) is 12.1 Å². The number of nitrogens with two attached hydrogens (primary N) is 1. The summed E-state index contributed by atoms with van der Waals surface area (Å²) in [5, 5.41) is 0.567. The van der Waals surface area contributed by atoms with Gasteiger partial charge >= 0.3 is 0 Å². The summed E-state index contributed by atoms with van der Waals surface area (Å²) in [6.45, 7) is 2.29. The predicted octanol–water partition coefficient (Wildman–Crippen LogP) is 3.34. The van der Waals surface area contributed by atoms with Crippen molar-refractivity contribution in [2.45, 2.75) is 12.8 Å². The number of amides is 1. The molecule has 2 N–H and O–H groups in total. The van der Waals surface area contributed by atoms with E-state index >= 15 is 0 Å². The van der Waals surface area contributed by atoms with Gasteiger partial charge in [0.2, 0.25) is 0 Å². The van der Waals surface area contributed by atoms with Crippen molar-refractivity contribution in [2.75, 3.05) is 19.6 Å². The van der Waals surface area contributed by atoms with Gasteiger partial charge in [0.05, 0.1) is 5.02 Å². The smallest absolute Gasteiger partial charge is 0.253 e. The number of carbonyl (C=O) groups excluding carboxylic acids is 1. The molecule has 19 heavy (non-hydrogen) atoms. The van der Waals surface area contributed by atoms with Gasteiger partial charge in [0, 0.05) is 23.1 Å². The summed E-state index contributed by atoms with van der Waals surface area (Å²) in [7, 11) is 0. The first kappa shape index (κ1) is 16.8. The molecule has 1 amide bonds. The first-order valence-electron chi connectivity index (χ1n) is 6.06. The molecule has 2 rings (SSSR count). The Morgan fingerprint density at radius 3 is 2.58 bits per heavy atom. The Labute approximate surface area is 133 Å². The predicted molar refractivity (Wildman–Crippen MR) is 84.1 cm³/mol. The number of carbonyl (C=O) groups is 1. The molecule has 6 heteroatoms. The Morgan fingerprint density at radius 2 is 2.05 bits per heavy atom. The monoisotopic (exact) mass is 366 g/mol. The Bertz CT molecular complexity index is 448. The lowest BCUT2D eigenvalue weighted by Gasteiger charge is -2.31. The summed E-state index contributed by atoms with van der Waals surface area (Å²) in [5.41, 5.74) is 6.29. The third-order valence-corrected chi connectivity index (χ3v) is 4.63. The zero-order valence-electron chi connectivity index (χ0n) is 10.4. The van der Waals surface area contributed by atoms with Crippen LogP contribution in [0.4, 0.5) is 0 Å². The second kappa shape index (κ2) is 7.48. The van der Waals surface area contributed by atoms with E-state index < -0.39 is 0 Å². The maximum atomic E-state index is 12.3. The van der Waals surface area contributed by atoms with Crippen LogP contribution < -0.4 is 5.73 Å². The SMILES string of the molecule is Cl.NCC1CCN(C(=O)c2ccc(Br)c(Cl)c2)CC1. The average molecular weight is 368 g/mol. The van der Waals surface area contributed by atoms with Gasteiger partial charge < -0.3 is 10.6 Å². The summed E-state index contributed by atoms with van der Waals surface area (Å²) in [4.78, 5) is 14.2. The van der Waals surface area contributed by atoms with Gasteiger partial charge in [-0.05, 0) is 59.4 Å². The number of hydrogen-bond donors (Lipinski definition) is 1. The Balaban J connectivity index is 0.00000180. The van der Waals surface area contributed by atoms with Crippen LogP contribution in [0.1, 0.15) is 23.2 Å². The van der Waals surface area contributed by atoms with Crippen molar-refractivity contribution in [1.29, 1.82) is 0 Å². The maximum Gasteiger partial charge on any atom is 0.253 e. The lowest BCUT2D eigenvalue weighted by Crippen LogP contribution is -2.40. The molecule has 0 saturated carbocycles. The molecule has 0 radical (unpaired) electrons. The first-order chi connectivity index (χ1) is 8.61. The van der Waals surface area contributed by atoms with E-state index in [1.165, 1.54) is 0 Å². The Hall–Kier alpha value is -0.290. The molecule has 0 spiro atoms. The molecule has 3 nitrogen and oxygen atoms in total. The van der Waals surface area contributed by atoms with Crippen LogP contribution in [0.25, 0.3) is 0 Å². The Kier molecular flexibility index (Phi) is 6.60. The van der Waals surface area contributed by atoms with Crippen LogP contribution in [0.2, 0.25) is 5.02 Å². The topological polar surface area (TPSA) is 46.3 Å². The number of hydrogen-bond acceptors (Lipinski definition) is 2. The van der Waals surface area contributed by atoms with Gasteiger partial charge in [0.1, 0.15) is 0 Å². The van der Waals surface area contributed by atoms with E-state index in [1.807, 2.05) is 11.0 Å². The lowest BCUT2D eigenvalue weighted by atomic mass is 9.96. The van der Waals surface area contributed by atoms with Gasteiger partial charge in [0.25, 0.3) is 5.91 Å². The van der Waals surface area contributed by atoms with Gasteiger partial charge in [-0.2, -0.15) is 0 Å². The fourth-order valence-electron chi connectivity index (χ4n) is 2.18. The summed E-state index contributed by atoms with van der Waals surface area (Å²) in [6, 6.07) is 5.32. The number of halogens is 3. The number of likely N-dealkylation sites (tertiary alicyclic amines) is 1. The first-order valence-corrected chi connectivity index (χ1v) is 7.23. The highest BCUT2D eigenvalue weighted by atomic mass is 79.9. The van der Waals surface area contributed by atoms with Crippen LogP contribution in [0, 0.1) is 5.92 Å². The second-order valence-electron chi connectivity index (χ2n) is 4.60. The van der Waals surface area contributed by atoms with Gasteiger partial charge in [0.15, 0.2) is 0 Å². The van der Waals surface area contributed by atoms with Crippen LogP contribution in [-0.4, -0.2) is 30.4 Å². The van der Waals surface area contributed by atoms with Gasteiger partial charge in [-0.3, -0.25) is 4.79 Å². The van der Waals surface area contributed by atoms with E-state index in [0.717, 1.165) is 30.4 Å². The van der Waals surface area contributed by atoms with Crippen molar-refractivity contribution in [3.8, 4) is 0 Å². The van der Waals surface area contributed by atoms with Gasteiger partial charge in [-0.1, -0.05) is 11.6 Å². The molecule has 1 aromatic carbocycles. The largest absolute Gasteiger partial charge is 0.339 e. The van der Waals surface area contributed by atoms with Crippen molar-refractivity contribution in [1.82, 2.24) is 4.90 Å². The van der Waals surface area contributed by atoms with Crippen LogP contribution in [-0.2, 0) is 0 Å². The normalized spacial score (nSPS) is 16.1. The zero-order chi connectivity index (χ0) is 13.1. The maximum absolute atomic E-state index is 12.3. The summed E-state index contributed by atoms with van der Waals surface area (Å²) < 4.78 is 0.808. The minimum atomic E-state index is 0. The molecule has 0 aromatic heterocycles. The molecule has 1 saturated heterocycles. The van der Waals surface area contributed by atoms with E-state index in [4.69, 9.17) is 17.3 Å². The molecule has 0 bridgehead atoms. The van der Waals surface area contributed by atoms with E-state index in [0.29, 0.717) is 23.0 Å². The molecular formula is C13H17BrCl2N2O. The third kappa shape index (κ3) is 4.09. The molecular weight excluding hydrogens is 351 g/mol. The summed E-state index contributed by atoms with van der Waals surface area (Å²) in [5.74, 6) is 0.613. The third-order valence-electron chi connectivity index (χ3n) is 3.40. The van der Waals surface area contributed by atoms with E-state index in [2.05, 4.69) is 15.9 Å². The van der Waals surface area contributed by atoms with Crippen LogP contribution in [0.15, 0.2) is 22.7 Å². The van der Waals surface area contributed by atoms with Crippen molar-refractivity contribution in [3.05, 3.63) is 33.3 Å². The number of rotatable bonds is 2. The second-order valence-corrected chi connectivity index (χ2v) is 5.86. The quantitative estimate of drug-likeness (QED) is 0.871. The zero-order valence-corrected chi connectivity index (χ0v) is 13.6. The summed E-state index contributed by atoms with van der Waals surface area (Å²) >= 11 is 9.33. The molecule has 1 fully saturated rings. The average Bonchev–Trinajstić information content (AvgIpc) is 2.41. The number of piperidine rings is 1. The highest BCUT2D eigenvalue weighted by Crippen LogP contribution is 2.25. The van der Waals surface area contributed by atoms with E-state index in [-0.39, 0.29) is 18.3 Å². The minimum absolute atomic E-state index is 0. The molecule has 1 aromatic rings. The van der Waals surface area contributed by atoms with Gasteiger partial charge in [-0.15, -0.1) is 12.4 Å². The molecule has 106 valence electrons. The van der Waals surface area contributed by atoms with Crippen molar-refractivity contribution < 1.29 is 4.79 Å². The van der Waals surface area contributed by atoms with Crippen molar-refractivity contribution >= 4 is 45.8 Å². The fraction of sp³-hybridized carbons (Fsp3) is 0.462. The lowest BCUT2D eigenvalue weighted by molar-refractivity contribution is 0.0693. The molecule has 1 heterocycles. The number of nitrogens with zero attached hydrogens (tertiary/aromatic N) is 1. The van der Waals surface area contributed by atoms with E-state index in [9.17, 15) is 4.79 Å². The van der Waals surface area contributed by atoms with Gasteiger partial charge in [-0.25, -0.2) is 0 Å². The molecule has 0 aliphatic carbocycles. The highest BCUT2D eigenvalue weighted by Gasteiger charge is 2.23. The van der Waals surface area contributed by atoms with Crippen LogP contribution in [0.3, 0.4) is 0 Å². The molecule has 1 aliphatic heterocycles. The molecule has 0 atom stereocenters. The standard InChI is InChI=1S/C13H16BrClN2O.ClH/c14-11-2-1-10(7-12(11)15)13(18)17-5-3-9(8-16)4-6-17;/h1-2,7,9H,3-6,8,16H2;1H. The van der Waals surface area contributed by atoms with Crippen LogP contribution in [0.5, 0.6) is 0 Å². The number of benzene rings is 1. The fourth-order valence-corrected chi connectivity index (χ4v) is 2.61. The van der Waals surface area contributed by atoms with Crippen molar-refractivity contribution in [3.63, 3.8) is 0 Å². The molecule has 0 unspecified atom stereocenters. The minimum Gasteiger partial charge on any atom is -0.339 e.